The van der Waals surface area contributed by atoms with Gasteiger partial charge in [0, 0.05) is 36.5 Å². The molecule has 2 N–H and O–H groups in total. The molecular formula is C25H25ClFN5O3. The van der Waals surface area contributed by atoms with Crippen molar-refractivity contribution in [3.63, 3.8) is 0 Å². The molecule has 182 valence electrons. The van der Waals surface area contributed by atoms with E-state index in [4.69, 9.17) is 11.6 Å². The fourth-order valence-electron chi connectivity index (χ4n) is 3.27. The number of nitrogens with one attached hydrogen (secondary N) is 2. The summed E-state index contributed by atoms with van der Waals surface area (Å²) in [5.74, 6) is -1.29. The quantitative estimate of drug-likeness (QED) is 0.450. The minimum absolute atomic E-state index is 0.144. The van der Waals surface area contributed by atoms with Crippen LogP contribution in [0, 0.1) is 12.7 Å². The van der Waals surface area contributed by atoms with Gasteiger partial charge in [0.1, 0.15) is 17.5 Å². The van der Waals surface area contributed by atoms with Gasteiger partial charge in [-0.1, -0.05) is 11.6 Å². The zero-order valence-electron chi connectivity index (χ0n) is 19.5. The fraction of sp³-hybridized carbons (Fsp3) is 0.200. The number of carbonyl (C=O) groups is 3. The molecule has 0 aliphatic carbocycles. The number of hydrogen-bond donors (Lipinski definition) is 2. The molecular weight excluding hydrogens is 473 g/mol. The number of nitrogens with zero attached hydrogens (tertiary/aromatic N) is 3. The van der Waals surface area contributed by atoms with Crippen LogP contribution < -0.4 is 10.6 Å². The topological polar surface area (TPSA) is 96.3 Å². The van der Waals surface area contributed by atoms with Crippen molar-refractivity contribution in [2.24, 2.45) is 0 Å². The standard InChI is InChI=1S/C25H25ClFN5O3/c1-4-31(15-23(34)29-20-9-7-19(8-10-20)28-17(3)33)24(35)14-13-22-16(2)30-32(25(22)26)21-11-5-18(27)6-12-21/h5-14H,4,15H2,1-3H3,(H,28,33)(H,29,34)/b14-13+. The van der Waals surface area contributed by atoms with Crippen LogP contribution >= 0.6 is 11.6 Å². The highest BCUT2D eigenvalue weighted by atomic mass is 35.5. The van der Waals surface area contributed by atoms with E-state index in [1.54, 1.807) is 56.3 Å². The number of aromatic nitrogens is 2. The van der Waals surface area contributed by atoms with Crippen LogP contribution in [-0.4, -0.2) is 45.5 Å². The maximum absolute atomic E-state index is 13.2. The fourth-order valence-corrected chi connectivity index (χ4v) is 3.61. The lowest BCUT2D eigenvalue weighted by Gasteiger charge is -2.18. The third kappa shape index (κ3) is 6.77. The minimum Gasteiger partial charge on any atom is -0.330 e. The Labute approximate surface area is 207 Å². The molecule has 0 unspecified atom stereocenters. The van der Waals surface area contributed by atoms with Gasteiger partial charge in [0.15, 0.2) is 0 Å². The molecule has 0 radical (unpaired) electrons. The second-order valence-electron chi connectivity index (χ2n) is 7.67. The van der Waals surface area contributed by atoms with Crippen molar-refractivity contribution in [3.05, 3.63) is 76.8 Å². The van der Waals surface area contributed by atoms with Crippen LogP contribution in [0.3, 0.4) is 0 Å². The Balaban J connectivity index is 1.65. The number of rotatable bonds is 8. The first-order valence-electron chi connectivity index (χ1n) is 10.8. The summed E-state index contributed by atoms with van der Waals surface area (Å²) in [4.78, 5) is 37.7. The predicted molar refractivity (Wildman–Crippen MR) is 134 cm³/mol. The van der Waals surface area contributed by atoms with E-state index in [1.807, 2.05) is 0 Å². The molecule has 2 aromatic carbocycles. The number of anilines is 2. The van der Waals surface area contributed by atoms with Crippen LogP contribution in [0.25, 0.3) is 11.8 Å². The molecule has 1 heterocycles. The molecule has 10 heteroatoms. The lowest BCUT2D eigenvalue weighted by molar-refractivity contribution is -0.130. The van der Waals surface area contributed by atoms with Gasteiger partial charge in [0.25, 0.3) is 0 Å². The molecule has 1 aromatic heterocycles. The van der Waals surface area contributed by atoms with E-state index in [0.717, 1.165) is 0 Å². The molecule has 0 atom stereocenters. The van der Waals surface area contributed by atoms with Gasteiger partial charge in [-0.3, -0.25) is 14.4 Å². The van der Waals surface area contributed by atoms with Gasteiger partial charge in [-0.25, -0.2) is 9.07 Å². The Morgan fingerprint density at radius 3 is 2.23 bits per heavy atom. The minimum atomic E-state index is -0.370. The van der Waals surface area contributed by atoms with E-state index in [2.05, 4.69) is 15.7 Å². The van der Waals surface area contributed by atoms with Gasteiger partial charge in [0.05, 0.1) is 11.4 Å². The summed E-state index contributed by atoms with van der Waals surface area (Å²) in [5, 5.41) is 10.0. The van der Waals surface area contributed by atoms with Crippen LogP contribution in [0.4, 0.5) is 15.8 Å². The first kappa shape index (κ1) is 25.6. The molecule has 8 nitrogen and oxygen atoms in total. The Bertz CT molecular complexity index is 1250. The highest BCUT2D eigenvalue weighted by Gasteiger charge is 2.16. The number of halogens is 2. The van der Waals surface area contributed by atoms with Crippen molar-refractivity contribution in [2.75, 3.05) is 23.7 Å². The predicted octanol–water partition coefficient (Wildman–Crippen LogP) is 4.43. The number of aryl methyl sites for hydroxylation is 1. The molecule has 35 heavy (non-hydrogen) atoms. The van der Waals surface area contributed by atoms with E-state index < -0.39 is 0 Å². The Morgan fingerprint density at radius 1 is 1.06 bits per heavy atom. The van der Waals surface area contributed by atoms with E-state index in [-0.39, 0.29) is 35.2 Å². The largest absolute Gasteiger partial charge is 0.330 e. The van der Waals surface area contributed by atoms with Crippen molar-refractivity contribution in [3.8, 4) is 5.69 Å². The zero-order valence-corrected chi connectivity index (χ0v) is 20.3. The zero-order chi connectivity index (χ0) is 25.5. The SMILES string of the molecule is CCN(CC(=O)Nc1ccc(NC(C)=O)cc1)C(=O)/C=C/c1c(C)nn(-c2ccc(F)cc2)c1Cl. The molecule has 0 bridgehead atoms. The number of benzene rings is 2. The van der Waals surface area contributed by atoms with Crippen LogP contribution in [0.15, 0.2) is 54.6 Å². The van der Waals surface area contributed by atoms with Crippen LogP contribution in [0.5, 0.6) is 0 Å². The first-order valence-corrected chi connectivity index (χ1v) is 11.2. The number of hydrogen-bond acceptors (Lipinski definition) is 4. The monoisotopic (exact) mass is 497 g/mol. The number of amides is 3. The van der Waals surface area contributed by atoms with Gasteiger partial charge in [-0.05, 0) is 68.5 Å². The van der Waals surface area contributed by atoms with Gasteiger partial charge < -0.3 is 15.5 Å². The molecule has 0 spiro atoms. The van der Waals surface area contributed by atoms with Crippen LogP contribution in [-0.2, 0) is 14.4 Å². The van der Waals surface area contributed by atoms with Crippen LogP contribution in [0.2, 0.25) is 5.15 Å². The van der Waals surface area contributed by atoms with Gasteiger partial charge in [-0.15, -0.1) is 0 Å². The first-order chi connectivity index (χ1) is 16.7. The lowest BCUT2D eigenvalue weighted by Crippen LogP contribution is -2.36. The molecule has 0 saturated heterocycles. The summed E-state index contributed by atoms with van der Waals surface area (Å²) in [6.45, 7) is 5.10. The van der Waals surface area contributed by atoms with E-state index in [9.17, 15) is 18.8 Å². The van der Waals surface area contributed by atoms with E-state index in [1.165, 1.54) is 34.7 Å². The van der Waals surface area contributed by atoms with Gasteiger partial charge in [-0.2, -0.15) is 5.10 Å². The normalized spacial score (nSPS) is 10.9. The third-order valence-corrected chi connectivity index (χ3v) is 5.39. The summed E-state index contributed by atoms with van der Waals surface area (Å²) in [5.41, 5.74) is 2.87. The Morgan fingerprint density at radius 2 is 1.66 bits per heavy atom. The Kier molecular flexibility index (Phi) is 8.38. The summed E-state index contributed by atoms with van der Waals surface area (Å²) < 4.78 is 14.7. The van der Waals surface area contributed by atoms with Crippen molar-refractivity contribution in [1.82, 2.24) is 14.7 Å². The second-order valence-corrected chi connectivity index (χ2v) is 8.03. The summed E-state index contributed by atoms with van der Waals surface area (Å²) in [6.07, 6.45) is 2.89. The van der Waals surface area contributed by atoms with Crippen molar-refractivity contribution < 1.29 is 18.8 Å². The summed E-state index contributed by atoms with van der Waals surface area (Å²) in [7, 11) is 0. The van der Waals surface area contributed by atoms with E-state index in [0.29, 0.717) is 34.9 Å². The van der Waals surface area contributed by atoms with Gasteiger partial charge in [0.2, 0.25) is 17.7 Å². The summed E-state index contributed by atoms with van der Waals surface area (Å²) in [6, 6.07) is 12.4. The van der Waals surface area contributed by atoms with Gasteiger partial charge >= 0.3 is 0 Å². The second kappa shape index (κ2) is 11.4. The van der Waals surface area contributed by atoms with Crippen molar-refractivity contribution >= 4 is 46.8 Å². The maximum atomic E-state index is 13.2. The van der Waals surface area contributed by atoms with Crippen molar-refractivity contribution in [1.29, 1.82) is 0 Å². The molecule has 0 aliphatic heterocycles. The third-order valence-electron chi connectivity index (χ3n) is 5.03. The molecule has 0 aliphatic rings. The lowest BCUT2D eigenvalue weighted by atomic mass is 10.2. The average Bonchev–Trinajstić information content (AvgIpc) is 3.10. The number of carbonyl (C=O) groups excluding carboxylic acids is 3. The molecule has 3 aromatic rings. The highest BCUT2D eigenvalue weighted by molar-refractivity contribution is 6.31. The highest BCUT2D eigenvalue weighted by Crippen LogP contribution is 2.25. The summed E-state index contributed by atoms with van der Waals surface area (Å²) >= 11 is 6.46. The van der Waals surface area contributed by atoms with Crippen LogP contribution in [0.1, 0.15) is 25.1 Å². The maximum Gasteiger partial charge on any atom is 0.247 e. The average molecular weight is 498 g/mol. The molecule has 3 rings (SSSR count). The smallest absolute Gasteiger partial charge is 0.247 e. The molecule has 3 amide bonds. The molecule has 0 fully saturated rings. The van der Waals surface area contributed by atoms with E-state index >= 15 is 0 Å². The Hall–Kier alpha value is -3.98. The molecule has 0 saturated carbocycles. The number of likely N-dealkylation sites (N-methyl/N-ethyl adjacent to an activating group) is 1. The van der Waals surface area contributed by atoms with Crippen molar-refractivity contribution in [2.45, 2.75) is 20.8 Å².